The zero-order valence-electron chi connectivity index (χ0n) is 17.7. The Morgan fingerprint density at radius 3 is 2.04 bits per heavy atom. The molecule has 0 spiro atoms. The maximum atomic E-state index is 2.63. The van der Waals surface area contributed by atoms with Gasteiger partial charge < -0.3 is 4.90 Å². The minimum absolute atomic E-state index is 0.469. The molecule has 2 rings (SSSR count). The van der Waals surface area contributed by atoms with Gasteiger partial charge in [0.05, 0.1) is 0 Å². The molecule has 2 nitrogen and oxygen atoms in total. The Bertz CT molecular complexity index is 592. The molecule has 2 aromatic rings. The van der Waals surface area contributed by atoms with Gasteiger partial charge in [0, 0.05) is 25.7 Å². The second-order valence-corrected chi connectivity index (χ2v) is 6.78. The lowest BCUT2D eigenvalue weighted by atomic mass is 10.0. The molecule has 0 N–H and O–H groups in total. The largest absolute Gasteiger partial charge is 0.308 e. The van der Waals surface area contributed by atoms with Gasteiger partial charge >= 0.3 is 0 Å². The molecule has 0 aromatic heterocycles. The van der Waals surface area contributed by atoms with Crippen molar-refractivity contribution in [2.45, 2.75) is 53.1 Å². The monoisotopic (exact) mass is 354 g/mol. The molecule has 0 unspecified atom stereocenters. The van der Waals surface area contributed by atoms with Crippen molar-refractivity contribution in [3.63, 3.8) is 0 Å². The summed E-state index contributed by atoms with van der Waals surface area (Å²) in [4.78, 5) is 4.90. The number of hydrogen-bond acceptors (Lipinski definition) is 2. The van der Waals surface area contributed by atoms with Crippen LogP contribution in [-0.4, -0.2) is 37.0 Å². The van der Waals surface area contributed by atoms with Gasteiger partial charge in [-0.05, 0) is 43.6 Å². The lowest BCUT2D eigenvalue weighted by Gasteiger charge is -2.32. The molecule has 0 saturated carbocycles. The molecular weight excluding hydrogens is 316 g/mol. The van der Waals surface area contributed by atoms with Crippen LogP contribution in [0, 0.1) is 0 Å². The maximum Gasteiger partial charge on any atom is 0.0349 e. The minimum Gasteiger partial charge on any atom is -0.308 e. The third-order valence-electron chi connectivity index (χ3n) is 4.63. The van der Waals surface area contributed by atoms with Crippen molar-refractivity contribution in [2.75, 3.05) is 27.2 Å². The van der Waals surface area contributed by atoms with Crippen molar-refractivity contribution in [2.24, 2.45) is 0 Å². The predicted molar refractivity (Wildman–Crippen MR) is 116 cm³/mol. The Hall–Kier alpha value is -1.64. The summed E-state index contributed by atoms with van der Waals surface area (Å²) in [7, 11) is 4.30. The average Bonchev–Trinajstić information content (AvgIpc) is 2.69. The number of hydrogen-bond donors (Lipinski definition) is 0. The Labute approximate surface area is 161 Å². The predicted octanol–water partition coefficient (Wildman–Crippen LogP) is 5.79. The van der Waals surface area contributed by atoms with E-state index in [1.165, 1.54) is 16.7 Å². The molecule has 0 fully saturated rings. The van der Waals surface area contributed by atoms with Crippen LogP contribution in [-0.2, 0) is 13.0 Å². The Morgan fingerprint density at radius 1 is 0.808 bits per heavy atom. The number of benzene rings is 2. The highest BCUT2D eigenvalue weighted by Crippen LogP contribution is 2.26. The van der Waals surface area contributed by atoms with Crippen molar-refractivity contribution in [3.8, 4) is 0 Å². The van der Waals surface area contributed by atoms with Crippen LogP contribution in [0.5, 0.6) is 0 Å². The molecule has 0 bridgehead atoms. The van der Waals surface area contributed by atoms with Crippen LogP contribution in [0.3, 0.4) is 0 Å². The van der Waals surface area contributed by atoms with Crippen molar-refractivity contribution in [1.82, 2.24) is 9.80 Å². The van der Waals surface area contributed by atoms with Gasteiger partial charge in [-0.25, -0.2) is 0 Å². The molecule has 26 heavy (non-hydrogen) atoms. The smallest absolute Gasteiger partial charge is 0.0349 e. The van der Waals surface area contributed by atoms with Gasteiger partial charge in [-0.2, -0.15) is 0 Å². The Kier molecular flexibility index (Phi) is 10.9. The van der Waals surface area contributed by atoms with E-state index >= 15 is 0 Å². The lowest BCUT2D eigenvalue weighted by molar-refractivity contribution is 0.166. The zero-order chi connectivity index (χ0) is 19.4. The second kappa shape index (κ2) is 12.7. The van der Waals surface area contributed by atoms with Crippen LogP contribution >= 0.6 is 0 Å². The van der Waals surface area contributed by atoms with Gasteiger partial charge in [-0.3, -0.25) is 4.90 Å². The van der Waals surface area contributed by atoms with Crippen LogP contribution in [0.15, 0.2) is 54.6 Å². The molecule has 0 radical (unpaired) electrons. The third-order valence-corrected chi connectivity index (χ3v) is 4.63. The van der Waals surface area contributed by atoms with Crippen LogP contribution in [0.25, 0.3) is 0 Å². The first kappa shape index (κ1) is 22.4. The highest BCUT2D eigenvalue weighted by atomic mass is 15.2. The normalized spacial score (nSPS) is 12.0. The standard InChI is InChI=1S/C22H32N2.C2H6/c1-5-19-11-10-12-20(17-19)18-24(16-15-23(3)4)22(6-2)21-13-8-7-9-14-21;1-2/h7-14,17,22H,5-6,15-16,18H2,1-4H3;1-2H3/t22-;/m1./s1. The molecule has 0 aliphatic heterocycles. The van der Waals surface area contributed by atoms with Gasteiger partial charge in [-0.15, -0.1) is 0 Å². The highest BCUT2D eigenvalue weighted by molar-refractivity contribution is 5.24. The molecule has 2 aromatic carbocycles. The quantitative estimate of drug-likeness (QED) is 0.562. The lowest BCUT2D eigenvalue weighted by Crippen LogP contribution is -2.34. The molecular formula is C24H38N2. The van der Waals surface area contributed by atoms with E-state index in [4.69, 9.17) is 0 Å². The number of aryl methyl sites for hydroxylation is 1. The summed E-state index contributed by atoms with van der Waals surface area (Å²) < 4.78 is 0. The Balaban J connectivity index is 0.00000163. The fourth-order valence-electron chi connectivity index (χ4n) is 3.24. The van der Waals surface area contributed by atoms with Crippen LogP contribution in [0.4, 0.5) is 0 Å². The van der Waals surface area contributed by atoms with E-state index in [1.807, 2.05) is 13.8 Å². The molecule has 1 atom stereocenters. The number of likely N-dealkylation sites (N-methyl/N-ethyl adjacent to an activating group) is 1. The van der Waals surface area contributed by atoms with E-state index in [9.17, 15) is 0 Å². The van der Waals surface area contributed by atoms with E-state index in [2.05, 4.69) is 92.3 Å². The van der Waals surface area contributed by atoms with Gasteiger partial charge in [0.25, 0.3) is 0 Å². The fourth-order valence-corrected chi connectivity index (χ4v) is 3.24. The summed E-state index contributed by atoms with van der Waals surface area (Å²) in [6.45, 7) is 11.7. The van der Waals surface area contributed by atoms with E-state index in [1.54, 1.807) is 0 Å². The van der Waals surface area contributed by atoms with Crippen LogP contribution in [0.2, 0.25) is 0 Å². The topological polar surface area (TPSA) is 6.48 Å². The molecule has 144 valence electrons. The molecule has 0 saturated heterocycles. The molecule has 2 heteroatoms. The van der Waals surface area contributed by atoms with Gasteiger partial charge in [-0.1, -0.05) is 82.3 Å². The molecule has 0 aliphatic rings. The van der Waals surface area contributed by atoms with Gasteiger partial charge in [0.1, 0.15) is 0 Å². The SMILES string of the molecule is CC.CCc1cccc(CN(CCN(C)C)[C@H](CC)c2ccccc2)c1. The summed E-state index contributed by atoms with van der Waals surface area (Å²) in [6.07, 6.45) is 2.23. The van der Waals surface area contributed by atoms with E-state index in [0.29, 0.717) is 6.04 Å². The number of nitrogens with zero attached hydrogens (tertiary/aromatic N) is 2. The average molecular weight is 355 g/mol. The zero-order valence-corrected chi connectivity index (χ0v) is 17.7. The summed E-state index contributed by atoms with van der Waals surface area (Å²) in [6, 6.07) is 20.4. The maximum absolute atomic E-state index is 2.63. The first-order chi connectivity index (χ1) is 12.6. The van der Waals surface area contributed by atoms with Crippen LogP contribution < -0.4 is 0 Å². The first-order valence-electron chi connectivity index (χ1n) is 10.2. The van der Waals surface area contributed by atoms with Crippen molar-refractivity contribution in [3.05, 3.63) is 71.3 Å². The summed E-state index contributed by atoms with van der Waals surface area (Å²) >= 11 is 0. The highest BCUT2D eigenvalue weighted by Gasteiger charge is 2.19. The van der Waals surface area contributed by atoms with Gasteiger partial charge in [0.2, 0.25) is 0 Å². The summed E-state index contributed by atoms with van der Waals surface area (Å²) in [5, 5.41) is 0. The third kappa shape index (κ3) is 7.31. The molecule has 0 heterocycles. The molecule has 0 amide bonds. The summed E-state index contributed by atoms with van der Waals surface area (Å²) in [5.41, 5.74) is 4.26. The minimum atomic E-state index is 0.469. The number of rotatable bonds is 9. The van der Waals surface area contributed by atoms with E-state index in [0.717, 1.165) is 32.5 Å². The van der Waals surface area contributed by atoms with E-state index in [-0.39, 0.29) is 0 Å². The van der Waals surface area contributed by atoms with Crippen molar-refractivity contribution in [1.29, 1.82) is 0 Å². The molecule has 0 aliphatic carbocycles. The van der Waals surface area contributed by atoms with E-state index < -0.39 is 0 Å². The Morgan fingerprint density at radius 2 is 1.46 bits per heavy atom. The van der Waals surface area contributed by atoms with Crippen molar-refractivity contribution < 1.29 is 0 Å². The fraction of sp³-hybridized carbons (Fsp3) is 0.500. The van der Waals surface area contributed by atoms with Crippen LogP contribution in [0.1, 0.15) is 56.8 Å². The first-order valence-corrected chi connectivity index (χ1v) is 10.2. The van der Waals surface area contributed by atoms with Gasteiger partial charge in [0.15, 0.2) is 0 Å². The van der Waals surface area contributed by atoms with Crippen molar-refractivity contribution >= 4 is 0 Å². The second-order valence-electron chi connectivity index (χ2n) is 6.78. The summed E-state index contributed by atoms with van der Waals surface area (Å²) in [5.74, 6) is 0.